The van der Waals surface area contributed by atoms with Crippen molar-refractivity contribution in [3.8, 4) is 0 Å². The molecule has 0 atom stereocenters. The highest BCUT2D eigenvalue weighted by Gasteiger charge is 1.58. The van der Waals surface area contributed by atoms with Gasteiger partial charge in [-0.25, -0.2) is 0 Å². The summed E-state index contributed by atoms with van der Waals surface area (Å²) in [5.74, 6) is 0. The summed E-state index contributed by atoms with van der Waals surface area (Å²) >= 11 is 0. The van der Waals surface area contributed by atoms with E-state index in [1.807, 2.05) is 26.0 Å². The molecule has 9 heavy (non-hydrogen) atoms. The summed E-state index contributed by atoms with van der Waals surface area (Å²) in [5, 5.41) is 7.81. The fourth-order valence-corrected chi connectivity index (χ4v) is 0. The molecule has 0 heterocycles. The van der Waals surface area contributed by atoms with Crippen LogP contribution in [-0.4, -0.2) is 37.8 Å². The summed E-state index contributed by atoms with van der Waals surface area (Å²) in [6, 6.07) is 0. The fourth-order valence-electron chi connectivity index (χ4n) is 0. The summed E-state index contributed by atoms with van der Waals surface area (Å²) in [6.45, 7) is 3.56. The van der Waals surface area contributed by atoms with Gasteiger partial charge in [-0.1, -0.05) is 6.92 Å². The molecule has 0 aliphatic heterocycles. The first-order valence-electron chi connectivity index (χ1n) is 2.66. The third kappa shape index (κ3) is 216. The van der Waals surface area contributed by atoms with Gasteiger partial charge in [0.2, 0.25) is 0 Å². The number of aliphatic hydroxyl groups excluding tert-OH is 1. The molecule has 0 rings (SSSR count). The Morgan fingerprint density at radius 2 is 1.44 bits per heavy atom. The molecule has 3 heteroatoms. The smallest absolute Gasteiger partial charge is 0.0431 e. The van der Waals surface area contributed by atoms with E-state index in [0.717, 1.165) is 0 Å². The number of hydrogen-bond acceptors (Lipinski definition) is 2. The van der Waals surface area contributed by atoms with Crippen LogP contribution in [0, 0.1) is 6.92 Å². The normalized spacial score (nSPS) is 7.33. The van der Waals surface area contributed by atoms with E-state index in [0.29, 0.717) is 6.42 Å². The molecular weight excluding hydrogens is 138 g/mol. The number of rotatable bonds is 1. The lowest BCUT2D eigenvalue weighted by atomic mass is 10.5. The molecule has 0 aromatic heterocycles. The van der Waals surface area contributed by atoms with Crippen molar-refractivity contribution in [3.05, 3.63) is 6.92 Å². The maximum absolute atomic E-state index is 7.81. The third-order valence-corrected chi connectivity index (χ3v) is 0.158. The molecule has 0 fully saturated rings. The summed E-state index contributed by atoms with van der Waals surface area (Å²) in [6.07, 6.45) is 0.625. The number of halogens is 1. The second kappa shape index (κ2) is 15.7. The molecule has 1 radical (unpaired) electrons. The van der Waals surface area contributed by atoms with Crippen molar-refractivity contribution in [2.75, 3.05) is 27.7 Å². The Balaban J connectivity index is -0.0000000720. The van der Waals surface area contributed by atoms with Gasteiger partial charge in [-0.2, -0.15) is 0 Å². The van der Waals surface area contributed by atoms with E-state index in [1.165, 1.54) is 0 Å². The lowest BCUT2D eigenvalue weighted by molar-refractivity contribution is 0.302. The number of hydrogen-bond donors (Lipinski definition) is 1. The van der Waals surface area contributed by atoms with Gasteiger partial charge in [-0.3, -0.25) is 0 Å². The molecule has 59 valence electrons. The summed E-state index contributed by atoms with van der Waals surface area (Å²) in [5.41, 5.74) is 0. The zero-order valence-electron chi connectivity index (χ0n) is 6.42. The minimum Gasteiger partial charge on any atom is -0.396 e. The molecule has 0 aliphatic carbocycles. The van der Waals surface area contributed by atoms with Crippen molar-refractivity contribution in [2.45, 2.75) is 6.42 Å². The molecule has 0 aromatic rings. The summed E-state index contributed by atoms with van der Waals surface area (Å²) in [7, 11) is 6.00. The highest BCUT2D eigenvalue weighted by atomic mass is 35.5. The molecular formula is C6H17ClNO. The quantitative estimate of drug-likeness (QED) is 0.604. The first-order chi connectivity index (χ1) is 3.65. The van der Waals surface area contributed by atoms with Crippen LogP contribution >= 0.6 is 12.4 Å². The molecule has 0 spiro atoms. The lowest BCUT2D eigenvalue weighted by Crippen LogP contribution is -1.99. The predicted molar refractivity (Wildman–Crippen MR) is 43.9 cm³/mol. The molecule has 2 nitrogen and oxygen atoms in total. The second-order valence-electron chi connectivity index (χ2n) is 1.92. The van der Waals surface area contributed by atoms with Gasteiger partial charge < -0.3 is 10.0 Å². The van der Waals surface area contributed by atoms with Crippen molar-refractivity contribution >= 4 is 12.4 Å². The largest absolute Gasteiger partial charge is 0.396 e. The van der Waals surface area contributed by atoms with Crippen molar-refractivity contribution < 1.29 is 5.11 Å². The topological polar surface area (TPSA) is 23.5 Å². The van der Waals surface area contributed by atoms with Crippen LogP contribution in [0.2, 0.25) is 0 Å². The minimum absolute atomic E-state index is 0. The molecule has 1 N–H and O–H groups in total. The minimum atomic E-state index is 0. The molecule has 0 unspecified atom stereocenters. The van der Waals surface area contributed by atoms with Crippen molar-refractivity contribution in [3.63, 3.8) is 0 Å². The first-order valence-corrected chi connectivity index (χ1v) is 2.66. The Labute approximate surface area is 64.3 Å². The van der Waals surface area contributed by atoms with Crippen molar-refractivity contribution in [2.24, 2.45) is 0 Å². The van der Waals surface area contributed by atoms with E-state index in [2.05, 4.69) is 6.92 Å². The van der Waals surface area contributed by atoms with Gasteiger partial charge in [0.25, 0.3) is 0 Å². The van der Waals surface area contributed by atoms with Crippen molar-refractivity contribution in [1.29, 1.82) is 0 Å². The van der Waals surface area contributed by atoms with Gasteiger partial charge in [0, 0.05) is 6.61 Å². The van der Waals surface area contributed by atoms with Crippen LogP contribution in [-0.2, 0) is 0 Å². The van der Waals surface area contributed by atoms with E-state index < -0.39 is 0 Å². The van der Waals surface area contributed by atoms with Gasteiger partial charge in [0.05, 0.1) is 0 Å². The second-order valence-corrected chi connectivity index (χ2v) is 1.92. The van der Waals surface area contributed by atoms with Crippen LogP contribution in [0.25, 0.3) is 0 Å². The van der Waals surface area contributed by atoms with E-state index in [1.54, 1.807) is 0 Å². The average Bonchev–Trinajstić information content (AvgIpc) is 1.65. The molecule has 0 amide bonds. The van der Waals surface area contributed by atoms with Crippen LogP contribution in [0.1, 0.15) is 6.42 Å². The lowest BCUT2D eigenvalue weighted by Gasteiger charge is -1.90. The Hall–Kier alpha value is 0.210. The SMILES string of the molecule is CN(C)C.Cl.[CH2]CCO. The predicted octanol–water partition coefficient (Wildman–Crippen LogP) is 0.802. The highest BCUT2D eigenvalue weighted by molar-refractivity contribution is 5.85. The zero-order chi connectivity index (χ0) is 6.99. The van der Waals surface area contributed by atoms with Gasteiger partial charge >= 0.3 is 0 Å². The maximum Gasteiger partial charge on any atom is 0.0431 e. The van der Waals surface area contributed by atoms with Crippen LogP contribution < -0.4 is 0 Å². The Morgan fingerprint density at radius 3 is 1.44 bits per heavy atom. The fraction of sp³-hybridized carbons (Fsp3) is 0.833. The maximum atomic E-state index is 7.81. The average molecular weight is 155 g/mol. The first kappa shape index (κ1) is 16.1. The van der Waals surface area contributed by atoms with Crippen LogP contribution in [0.4, 0.5) is 0 Å². The van der Waals surface area contributed by atoms with Gasteiger partial charge in [-0.05, 0) is 27.6 Å². The van der Waals surface area contributed by atoms with Crippen LogP contribution in [0.3, 0.4) is 0 Å². The molecule has 0 saturated carbocycles. The molecule has 0 saturated heterocycles. The van der Waals surface area contributed by atoms with Gasteiger partial charge in [0.1, 0.15) is 0 Å². The Kier molecular flexibility index (Phi) is 28.1. The highest BCUT2D eigenvalue weighted by Crippen LogP contribution is 1.60. The molecule has 0 bridgehead atoms. The monoisotopic (exact) mass is 154 g/mol. The van der Waals surface area contributed by atoms with Crippen molar-refractivity contribution in [1.82, 2.24) is 4.90 Å². The van der Waals surface area contributed by atoms with E-state index >= 15 is 0 Å². The summed E-state index contributed by atoms with van der Waals surface area (Å²) in [4.78, 5) is 2.00. The number of aliphatic hydroxyl groups is 1. The summed E-state index contributed by atoms with van der Waals surface area (Å²) < 4.78 is 0. The van der Waals surface area contributed by atoms with Gasteiger partial charge in [0.15, 0.2) is 0 Å². The third-order valence-electron chi connectivity index (χ3n) is 0.158. The van der Waals surface area contributed by atoms with E-state index in [4.69, 9.17) is 5.11 Å². The molecule has 0 aliphatic rings. The standard InChI is InChI=1S/C3H9N.C3H7O.ClH/c1-4(2)3;1-2-3-4;/h1-3H3;4H,1-3H2;1H. The van der Waals surface area contributed by atoms with Crippen LogP contribution in [0.15, 0.2) is 0 Å². The number of nitrogens with zero attached hydrogens (tertiary/aromatic N) is 1. The molecule has 0 aromatic carbocycles. The van der Waals surface area contributed by atoms with E-state index in [-0.39, 0.29) is 19.0 Å². The zero-order valence-corrected chi connectivity index (χ0v) is 7.24. The Morgan fingerprint density at radius 1 is 1.33 bits per heavy atom. The van der Waals surface area contributed by atoms with E-state index in [9.17, 15) is 0 Å². The Bertz CT molecular complexity index is 29.5. The van der Waals surface area contributed by atoms with Gasteiger partial charge in [-0.15, -0.1) is 12.4 Å². The van der Waals surface area contributed by atoms with Crippen LogP contribution in [0.5, 0.6) is 0 Å².